The average molecular weight is 388 g/mol. The monoisotopic (exact) mass is 387 g/mol. The predicted octanol–water partition coefficient (Wildman–Crippen LogP) is 4.14. The molecule has 0 saturated carbocycles. The molecule has 27 heavy (non-hydrogen) atoms. The van der Waals surface area contributed by atoms with E-state index in [-0.39, 0.29) is 23.0 Å². The topological polar surface area (TPSA) is 51.3 Å². The summed E-state index contributed by atoms with van der Waals surface area (Å²) >= 11 is 6.12. The molecule has 0 saturated heterocycles. The minimum Gasteiger partial charge on any atom is -0.467 e. The summed E-state index contributed by atoms with van der Waals surface area (Å²) in [5.74, 6) is -0.0976. The van der Waals surface area contributed by atoms with Crippen LogP contribution in [0.3, 0.4) is 0 Å². The third-order valence-corrected chi connectivity index (χ3v) is 5.23. The first-order valence-electron chi connectivity index (χ1n) is 8.83. The molecule has 1 aliphatic rings. The Morgan fingerprint density at radius 1 is 1.33 bits per heavy atom. The lowest BCUT2D eigenvalue weighted by Gasteiger charge is -2.22. The fourth-order valence-corrected chi connectivity index (χ4v) is 3.88. The van der Waals surface area contributed by atoms with Crippen molar-refractivity contribution in [3.05, 3.63) is 75.7 Å². The van der Waals surface area contributed by atoms with Gasteiger partial charge in [0.1, 0.15) is 11.6 Å². The fraction of sp³-hybridized carbons (Fsp3) is 0.300. The van der Waals surface area contributed by atoms with Gasteiger partial charge in [-0.3, -0.25) is 9.48 Å². The molecule has 0 bridgehead atoms. The lowest BCUT2D eigenvalue weighted by molar-refractivity contribution is 0.0715. The van der Waals surface area contributed by atoms with Crippen LogP contribution < -0.4 is 0 Å². The van der Waals surface area contributed by atoms with Crippen LogP contribution in [0.4, 0.5) is 4.39 Å². The summed E-state index contributed by atoms with van der Waals surface area (Å²) in [5.41, 5.74) is 3.61. The van der Waals surface area contributed by atoms with Gasteiger partial charge in [0.2, 0.25) is 0 Å². The molecule has 0 fully saturated rings. The number of hydrogen-bond donors (Lipinski definition) is 0. The number of amides is 1. The highest BCUT2D eigenvalue weighted by molar-refractivity contribution is 6.33. The van der Waals surface area contributed by atoms with E-state index in [1.165, 1.54) is 23.4 Å². The van der Waals surface area contributed by atoms with Crippen LogP contribution in [0.15, 0.2) is 41.0 Å². The zero-order valence-corrected chi connectivity index (χ0v) is 15.7. The molecular formula is C20H19ClFN3O2. The van der Waals surface area contributed by atoms with Crippen LogP contribution in [-0.4, -0.2) is 20.6 Å². The van der Waals surface area contributed by atoms with Crippen molar-refractivity contribution in [1.82, 2.24) is 14.7 Å². The van der Waals surface area contributed by atoms with E-state index < -0.39 is 5.82 Å². The maximum absolute atomic E-state index is 13.4. The molecule has 2 heterocycles. The fourth-order valence-electron chi connectivity index (χ4n) is 3.63. The molecule has 4 rings (SSSR count). The molecule has 0 atom stereocenters. The SMILES string of the molecule is Cn1nc(CN(Cc2ccco2)C(=O)c2ccc(F)cc2Cl)c2c1CCC2. The summed E-state index contributed by atoms with van der Waals surface area (Å²) in [4.78, 5) is 14.8. The molecule has 1 amide bonds. The van der Waals surface area contributed by atoms with Crippen molar-refractivity contribution < 1.29 is 13.6 Å². The van der Waals surface area contributed by atoms with Gasteiger partial charge in [0.15, 0.2) is 0 Å². The smallest absolute Gasteiger partial charge is 0.256 e. The number of fused-ring (bicyclic) bond motifs is 1. The number of halogens is 2. The van der Waals surface area contributed by atoms with Gasteiger partial charge in [-0.2, -0.15) is 5.10 Å². The molecule has 1 aliphatic carbocycles. The van der Waals surface area contributed by atoms with E-state index in [2.05, 4.69) is 5.10 Å². The van der Waals surface area contributed by atoms with Crippen LogP contribution >= 0.6 is 11.6 Å². The first-order chi connectivity index (χ1) is 13.0. The van der Waals surface area contributed by atoms with Gasteiger partial charge in [-0.1, -0.05) is 11.6 Å². The number of benzene rings is 1. The number of hydrogen-bond acceptors (Lipinski definition) is 3. The van der Waals surface area contributed by atoms with Crippen LogP contribution in [0.5, 0.6) is 0 Å². The predicted molar refractivity (Wildman–Crippen MR) is 98.9 cm³/mol. The quantitative estimate of drug-likeness (QED) is 0.661. The Hall–Kier alpha value is -2.60. The Bertz CT molecular complexity index is 982. The van der Waals surface area contributed by atoms with Gasteiger partial charge in [0.05, 0.1) is 35.6 Å². The Morgan fingerprint density at radius 3 is 2.93 bits per heavy atom. The van der Waals surface area contributed by atoms with Crippen molar-refractivity contribution in [3.8, 4) is 0 Å². The van der Waals surface area contributed by atoms with E-state index in [1.54, 1.807) is 17.2 Å². The minimum atomic E-state index is -0.475. The zero-order chi connectivity index (χ0) is 19.0. The van der Waals surface area contributed by atoms with E-state index in [9.17, 15) is 9.18 Å². The first kappa shape index (κ1) is 17.8. The second kappa shape index (κ2) is 7.19. The Kier molecular flexibility index (Phi) is 4.74. The molecule has 3 aromatic rings. The minimum absolute atomic E-state index is 0.0932. The second-order valence-electron chi connectivity index (χ2n) is 6.71. The van der Waals surface area contributed by atoms with Gasteiger partial charge >= 0.3 is 0 Å². The summed E-state index contributed by atoms with van der Waals surface area (Å²) in [6.07, 6.45) is 4.65. The normalized spacial score (nSPS) is 13.0. The molecule has 5 nitrogen and oxygen atoms in total. The lowest BCUT2D eigenvalue weighted by Crippen LogP contribution is -2.30. The zero-order valence-electron chi connectivity index (χ0n) is 14.9. The van der Waals surface area contributed by atoms with Crippen molar-refractivity contribution in [2.45, 2.75) is 32.4 Å². The molecular weight excluding hydrogens is 369 g/mol. The Morgan fingerprint density at radius 2 is 2.19 bits per heavy atom. The van der Waals surface area contributed by atoms with Gasteiger partial charge in [-0.05, 0) is 55.2 Å². The average Bonchev–Trinajstić information content (AvgIpc) is 3.35. The highest BCUT2D eigenvalue weighted by Gasteiger charge is 2.26. The van der Waals surface area contributed by atoms with Gasteiger partial charge in [-0.15, -0.1) is 0 Å². The van der Waals surface area contributed by atoms with E-state index in [4.69, 9.17) is 16.0 Å². The van der Waals surface area contributed by atoms with Crippen LogP contribution in [0.25, 0.3) is 0 Å². The van der Waals surface area contributed by atoms with E-state index in [0.29, 0.717) is 12.3 Å². The number of rotatable bonds is 5. The highest BCUT2D eigenvalue weighted by atomic mass is 35.5. The Balaban J connectivity index is 1.67. The summed E-state index contributed by atoms with van der Waals surface area (Å²) in [5, 5.41) is 4.71. The molecule has 0 spiro atoms. The van der Waals surface area contributed by atoms with Crippen LogP contribution in [0.2, 0.25) is 5.02 Å². The van der Waals surface area contributed by atoms with E-state index >= 15 is 0 Å². The molecule has 7 heteroatoms. The molecule has 0 N–H and O–H groups in total. The number of aryl methyl sites for hydroxylation is 1. The Labute approximate surface area is 161 Å². The first-order valence-corrected chi connectivity index (χ1v) is 9.21. The summed E-state index contributed by atoms with van der Waals surface area (Å²) in [6.45, 7) is 0.626. The maximum Gasteiger partial charge on any atom is 0.256 e. The summed E-state index contributed by atoms with van der Waals surface area (Å²) < 4.78 is 20.7. The van der Waals surface area contributed by atoms with Crippen molar-refractivity contribution >= 4 is 17.5 Å². The largest absolute Gasteiger partial charge is 0.467 e. The van der Waals surface area contributed by atoms with E-state index in [1.807, 2.05) is 17.8 Å². The maximum atomic E-state index is 13.4. The number of carbonyl (C=O) groups excluding carboxylic acids is 1. The van der Waals surface area contributed by atoms with Gasteiger partial charge < -0.3 is 9.32 Å². The van der Waals surface area contributed by atoms with Gasteiger partial charge in [-0.25, -0.2) is 4.39 Å². The molecule has 0 unspecified atom stereocenters. The third-order valence-electron chi connectivity index (χ3n) is 4.91. The van der Waals surface area contributed by atoms with Crippen molar-refractivity contribution in [2.24, 2.45) is 7.05 Å². The molecule has 140 valence electrons. The summed E-state index contributed by atoms with van der Waals surface area (Å²) in [6, 6.07) is 7.40. The number of furan rings is 1. The standard InChI is InChI=1S/C20H19ClFN3O2/c1-24-19-6-2-5-16(19)18(23-24)12-25(11-14-4-3-9-27-14)20(26)15-8-7-13(22)10-17(15)21/h3-4,7-10H,2,5-6,11-12H2,1H3. The number of nitrogens with zero attached hydrogens (tertiary/aromatic N) is 3. The summed E-state index contributed by atoms with van der Waals surface area (Å²) in [7, 11) is 1.93. The molecule has 0 radical (unpaired) electrons. The van der Waals surface area contributed by atoms with Crippen LogP contribution in [0, 0.1) is 5.82 Å². The second-order valence-corrected chi connectivity index (χ2v) is 7.12. The number of carbonyl (C=O) groups is 1. The van der Waals surface area contributed by atoms with Gasteiger partial charge in [0, 0.05) is 12.7 Å². The highest BCUT2D eigenvalue weighted by Crippen LogP contribution is 2.27. The number of aromatic nitrogens is 2. The third kappa shape index (κ3) is 3.49. The molecule has 0 aliphatic heterocycles. The van der Waals surface area contributed by atoms with Crippen molar-refractivity contribution in [2.75, 3.05) is 0 Å². The molecule has 1 aromatic carbocycles. The lowest BCUT2D eigenvalue weighted by atomic mass is 10.1. The van der Waals surface area contributed by atoms with Crippen molar-refractivity contribution in [1.29, 1.82) is 0 Å². The van der Waals surface area contributed by atoms with Crippen LogP contribution in [0.1, 0.15) is 39.5 Å². The van der Waals surface area contributed by atoms with Crippen LogP contribution in [-0.2, 0) is 33.0 Å². The van der Waals surface area contributed by atoms with Crippen molar-refractivity contribution in [3.63, 3.8) is 0 Å². The molecule has 2 aromatic heterocycles. The van der Waals surface area contributed by atoms with E-state index in [0.717, 1.165) is 31.0 Å². The van der Waals surface area contributed by atoms with Gasteiger partial charge in [0.25, 0.3) is 5.91 Å².